The molecule has 0 aromatic heterocycles. The van der Waals surface area contributed by atoms with E-state index in [1.54, 1.807) is 18.7 Å². The Balaban J connectivity index is 2.09. The molecule has 0 saturated carbocycles. The van der Waals surface area contributed by atoms with Crippen LogP contribution in [-0.2, 0) is 14.8 Å². The predicted molar refractivity (Wildman–Crippen MR) is 82.5 cm³/mol. The lowest BCUT2D eigenvalue weighted by Gasteiger charge is -2.36. The van der Waals surface area contributed by atoms with Gasteiger partial charge in [-0.25, -0.2) is 13.1 Å². The molecule has 6 heteroatoms. The van der Waals surface area contributed by atoms with Crippen molar-refractivity contribution in [3.05, 3.63) is 30.3 Å². The van der Waals surface area contributed by atoms with Crippen LogP contribution in [-0.4, -0.2) is 38.7 Å². The maximum absolute atomic E-state index is 11.7. The van der Waals surface area contributed by atoms with E-state index in [1.165, 1.54) is 4.90 Å². The summed E-state index contributed by atoms with van der Waals surface area (Å²) in [6.07, 6.45) is 1.72. The number of hydrogen-bond donors (Lipinski definition) is 1. The van der Waals surface area contributed by atoms with Gasteiger partial charge in [-0.05, 0) is 31.9 Å². The third kappa shape index (κ3) is 4.48. The Morgan fingerprint density at radius 2 is 1.90 bits per heavy atom. The number of rotatable bonds is 6. The fourth-order valence-electron chi connectivity index (χ4n) is 2.14. The largest absolute Gasteiger partial charge is 0.381 e. The van der Waals surface area contributed by atoms with Gasteiger partial charge in [-0.3, -0.25) is 0 Å². The molecule has 1 N–H and O–H groups in total. The molecule has 1 aromatic rings. The molecule has 0 atom stereocenters. The van der Waals surface area contributed by atoms with Crippen molar-refractivity contribution in [1.82, 2.24) is 4.72 Å². The highest BCUT2D eigenvalue weighted by atomic mass is 32.2. The molecule has 1 aromatic carbocycles. The Morgan fingerprint density at radius 1 is 1.25 bits per heavy atom. The molecule has 0 aliphatic carbocycles. The fraction of sp³-hybridized carbons (Fsp3) is 0.571. The van der Waals surface area contributed by atoms with Crippen LogP contribution in [0.15, 0.2) is 35.2 Å². The molecule has 0 radical (unpaired) electrons. The first-order chi connectivity index (χ1) is 9.55. The number of ether oxygens (including phenoxy) is 1. The Bertz CT molecular complexity index is 510. The smallest absolute Gasteiger partial charge is 0.211 e. The molecule has 1 aliphatic heterocycles. The first-order valence-electron chi connectivity index (χ1n) is 6.84. The molecule has 1 saturated heterocycles. The predicted octanol–water partition coefficient (Wildman–Crippen LogP) is 2.27. The van der Waals surface area contributed by atoms with Gasteiger partial charge in [0.05, 0.1) is 5.75 Å². The van der Waals surface area contributed by atoms with Crippen molar-refractivity contribution in [3.8, 4) is 0 Å². The standard InChI is InChI=1S/C14H21NO3S2/c1-2-20(16,17)15-12-14(8-10-18-11-9-14)19-13-6-4-3-5-7-13/h3-7,15H,2,8-12H2,1H3. The lowest BCUT2D eigenvalue weighted by Crippen LogP contribution is -2.44. The van der Waals surface area contributed by atoms with Crippen molar-refractivity contribution in [2.24, 2.45) is 0 Å². The molecule has 4 nitrogen and oxygen atoms in total. The van der Waals surface area contributed by atoms with Crippen LogP contribution < -0.4 is 4.72 Å². The van der Waals surface area contributed by atoms with Crippen LogP contribution in [0.2, 0.25) is 0 Å². The van der Waals surface area contributed by atoms with Crippen LogP contribution in [0.5, 0.6) is 0 Å². The van der Waals surface area contributed by atoms with E-state index in [9.17, 15) is 8.42 Å². The average Bonchev–Trinajstić information content (AvgIpc) is 2.48. The number of sulfonamides is 1. The van der Waals surface area contributed by atoms with Gasteiger partial charge in [0.2, 0.25) is 10.0 Å². The molecule has 20 heavy (non-hydrogen) atoms. The summed E-state index contributed by atoms with van der Waals surface area (Å²) >= 11 is 1.76. The second-order valence-corrected chi connectivity index (χ2v) is 8.57. The van der Waals surface area contributed by atoms with Gasteiger partial charge in [0, 0.05) is 29.4 Å². The van der Waals surface area contributed by atoms with Crippen molar-refractivity contribution < 1.29 is 13.2 Å². The fourth-order valence-corrected chi connectivity index (χ4v) is 4.24. The van der Waals surface area contributed by atoms with Crippen LogP contribution in [0.25, 0.3) is 0 Å². The van der Waals surface area contributed by atoms with Crippen molar-refractivity contribution in [1.29, 1.82) is 0 Å². The van der Waals surface area contributed by atoms with E-state index in [0.29, 0.717) is 19.8 Å². The zero-order valence-electron chi connectivity index (χ0n) is 11.7. The van der Waals surface area contributed by atoms with E-state index >= 15 is 0 Å². The van der Waals surface area contributed by atoms with Gasteiger partial charge in [-0.1, -0.05) is 18.2 Å². The van der Waals surface area contributed by atoms with Crippen LogP contribution in [0, 0.1) is 0 Å². The zero-order valence-corrected chi connectivity index (χ0v) is 13.3. The highest BCUT2D eigenvalue weighted by Gasteiger charge is 2.34. The summed E-state index contributed by atoms with van der Waals surface area (Å²) < 4.78 is 31.4. The number of thioether (sulfide) groups is 1. The minimum absolute atomic E-state index is 0.109. The lowest BCUT2D eigenvalue weighted by molar-refractivity contribution is 0.0784. The van der Waals surface area contributed by atoms with Crippen LogP contribution in [0.4, 0.5) is 0 Å². The highest BCUT2D eigenvalue weighted by Crippen LogP contribution is 2.40. The maximum atomic E-state index is 11.7. The quantitative estimate of drug-likeness (QED) is 0.875. The van der Waals surface area contributed by atoms with Gasteiger partial charge in [-0.2, -0.15) is 0 Å². The second kappa shape index (κ2) is 6.93. The van der Waals surface area contributed by atoms with E-state index in [4.69, 9.17) is 4.74 Å². The Labute approximate surface area is 125 Å². The summed E-state index contributed by atoms with van der Waals surface area (Å²) in [7, 11) is -3.15. The minimum atomic E-state index is -3.15. The van der Waals surface area contributed by atoms with Crippen molar-refractivity contribution in [2.45, 2.75) is 29.4 Å². The highest BCUT2D eigenvalue weighted by molar-refractivity contribution is 8.00. The minimum Gasteiger partial charge on any atom is -0.381 e. The van der Waals surface area contributed by atoms with Crippen LogP contribution in [0.3, 0.4) is 0 Å². The number of benzene rings is 1. The summed E-state index contributed by atoms with van der Waals surface area (Å²) in [5, 5.41) is 0. The number of hydrogen-bond acceptors (Lipinski definition) is 4. The van der Waals surface area contributed by atoms with Gasteiger partial charge in [0.15, 0.2) is 0 Å². The molecular weight excluding hydrogens is 294 g/mol. The van der Waals surface area contributed by atoms with Gasteiger partial charge in [0.25, 0.3) is 0 Å². The summed E-state index contributed by atoms with van der Waals surface area (Å²) in [4.78, 5) is 1.17. The monoisotopic (exact) mass is 315 g/mol. The Morgan fingerprint density at radius 3 is 2.50 bits per heavy atom. The van der Waals surface area contributed by atoms with Gasteiger partial charge in [0.1, 0.15) is 0 Å². The van der Waals surface area contributed by atoms with E-state index in [0.717, 1.165) is 12.8 Å². The SMILES string of the molecule is CCS(=O)(=O)NCC1(Sc2ccccc2)CCOCC1. The van der Waals surface area contributed by atoms with E-state index in [2.05, 4.69) is 16.9 Å². The molecule has 0 unspecified atom stereocenters. The third-order valence-corrected chi connectivity index (χ3v) is 6.31. The lowest BCUT2D eigenvalue weighted by atomic mass is 9.99. The normalized spacial score (nSPS) is 18.9. The molecule has 1 aliphatic rings. The Kier molecular flexibility index (Phi) is 5.49. The molecule has 0 spiro atoms. The number of nitrogens with one attached hydrogen (secondary N) is 1. The first-order valence-corrected chi connectivity index (χ1v) is 9.31. The third-order valence-electron chi connectivity index (χ3n) is 3.48. The first kappa shape index (κ1) is 15.8. The Hall–Kier alpha value is -0.560. The summed E-state index contributed by atoms with van der Waals surface area (Å²) in [6, 6.07) is 10.1. The summed E-state index contributed by atoms with van der Waals surface area (Å²) in [5.74, 6) is 0.121. The molecule has 0 bridgehead atoms. The molecular formula is C14H21NO3S2. The second-order valence-electron chi connectivity index (χ2n) is 4.94. The van der Waals surface area contributed by atoms with Crippen molar-refractivity contribution in [3.63, 3.8) is 0 Å². The summed E-state index contributed by atoms with van der Waals surface area (Å²) in [5.41, 5.74) is 0. The molecule has 1 heterocycles. The van der Waals surface area contributed by atoms with Gasteiger partial charge in [-0.15, -0.1) is 11.8 Å². The maximum Gasteiger partial charge on any atom is 0.211 e. The van der Waals surface area contributed by atoms with Crippen LogP contribution in [0.1, 0.15) is 19.8 Å². The molecule has 112 valence electrons. The summed E-state index contributed by atoms with van der Waals surface area (Å²) in [6.45, 7) is 3.50. The van der Waals surface area contributed by atoms with E-state index < -0.39 is 10.0 Å². The van der Waals surface area contributed by atoms with Crippen LogP contribution >= 0.6 is 11.8 Å². The van der Waals surface area contributed by atoms with Crippen molar-refractivity contribution in [2.75, 3.05) is 25.5 Å². The topological polar surface area (TPSA) is 55.4 Å². The van der Waals surface area contributed by atoms with Gasteiger partial charge >= 0.3 is 0 Å². The molecule has 2 rings (SSSR count). The molecule has 1 fully saturated rings. The zero-order chi connectivity index (χ0) is 14.5. The molecule has 0 amide bonds. The van der Waals surface area contributed by atoms with E-state index in [1.807, 2.05) is 18.2 Å². The average molecular weight is 315 g/mol. The van der Waals surface area contributed by atoms with Crippen molar-refractivity contribution >= 4 is 21.8 Å². The van der Waals surface area contributed by atoms with E-state index in [-0.39, 0.29) is 10.5 Å². The van der Waals surface area contributed by atoms with Gasteiger partial charge < -0.3 is 4.74 Å².